The Morgan fingerprint density at radius 3 is 2.56 bits per heavy atom. The van der Waals surface area contributed by atoms with E-state index in [1.54, 1.807) is 7.05 Å². The molecule has 2 heterocycles. The number of amides is 3. The summed E-state index contributed by atoms with van der Waals surface area (Å²) in [5.74, 6) is 0.568. The summed E-state index contributed by atoms with van der Waals surface area (Å²) in [5.41, 5.74) is 1.11. The van der Waals surface area contributed by atoms with E-state index in [-0.39, 0.29) is 24.5 Å². The summed E-state index contributed by atoms with van der Waals surface area (Å²) in [6, 6.07) is 5.69. The highest BCUT2D eigenvalue weighted by Gasteiger charge is 2.24. The van der Waals surface area contributed by atoms with Gasteiger partial charge < -0.3 is 25.4 Å². The summed E-state index contributed by atoms with van der Waals surface area (Å²) >= 11 is 12.1. The number of halogens is 2. The van der Waals surface area contributed by atoms with Gasteiger partial charge in [-0.15, -0.1) is 0 Å². The Balaban J connectivity index is 0.00000129. The molecule has 9 nitrogen and oxygen atoms in total. The molecule has 34 heavy (non-hydrogen) atoms. The predicted octanol–water partition coefficient (Wildman–Crippen LogP) is 2.84. The van der Waals surface area contributed by atoms with Crippen molar-refractivity contribution in [1.29, 1.82) is 0 Å². The van der Waals surface area contributed by atoms with Crippen LogP contribution < -0.4 is 10.6 Å². The second-order valence-electron chi connectivity index (χ2n) is 8.41. The van der Waals surface area contributed by atoms with Crippen LogP contribution in [0, 0.1) is 5.92 Å². The summed E-state index contributed by atoms with van der Waals surface area (Å²) in [7, 11) is 1.65. The number of hydrogen-bond donors (Lipinski definition) is 3. The van der Waals surface area contributed by atoms with Gasteiger partial charge in [-0.1, -0.05) is 29.3 Å². The van der Waals surface area contributed by atoms with E-state index in [0.29, 0.717) is 35.5 Å². The molecule has 2 aliphatic rings. The van der Waals surface area contributed by atoms with Crippen LogP contribution in [0.4, 0.5) is 4.79 Å². The third-order valence-electron chi connectivity index (χ3n) is 6.04. The summed E-state index contributed by atoms with van der Waals surface area (Å²) in [6.45, 7) is 4.82. The third-order valence-corrected chi connectivity index (χ3v) is 6.77. The zero-order valence-corrected chi connectivity index (χ0v) is 21.0. The van der Waals surface area contributed by atoms with Crippen LogP contribution in [0.2, 0.25) is 10.0 Å². The first-order chi connectivity index (χ1) is 16.4. The molecule has 2 saturated heterocycles. The van der Waals surface area contributed by atoms with Gasteiger partial charge >= 0.3 is 6.03 Å². The summed E-state index contributed by atoms with van der Waals surface area (Å²) < 4.78 is 5.83. The third kappa shape index (κ3) is 9.66. The minimum Gasteiger partial charge on any atom is -0.483 e. The van der Waals surface area contributed by atoms with Gasteiger partial charge in [0.15, 0.2) is 0 Å². The molecule has 1 aromatic carbocycles. The summed E-state index contributed by atoms with van der Waals surface area (Å²) in [6.07, 6.45) is 3.27. The predicted molar refractivity (Wildman–Crippen MR) is 131 cm³/mol. The van der Waals surface area contributed by atoms with Crippen molar-refractivity contribution in [3.05, 3.63) is 33.8 Å². The van der Waals surface area contributed by atoms with Gasteiger partial charge in [-0.25, -0.2) is 4.79 Å². The SMILES string of the molecule is CNC(=O)N1CCC(CCC(=O)NC[C@H]2CN(Cc3ccc(Cl)c(Cl)c3)CCO2)CC1.O=CO. The maximum atomic E-state index is 12.3. The molecule has 1 atom stereocenters. The average molecular weight is 517 g/mol. The van der Waals surface area contributed by atoms with Crippen LogP contribution in [0.3, 0.4) is 0 Å². The van der Waals surface area contributed by atoms with Crippen LogP contribution in [-0.2, 0) is 20.9 Å². The van der Waals surface area contributed by atoms with E-state index >= 15 is 0 Å². The van der Waals surface area contributed by atoms with E-state index in [2.05, 4.69) is 15.5 Å². The zero-order chi connectivity index (χ0) is 24.9. The Morgan fingerprint density at radius 1 is 1.21 bits per heavy atom. The molecule has 11 heteroatoms. The van der Waals surface area contributed by atoms with Crippen molar-refractivity contribution in [2.45, 2.75) is 38.3 Å². The smallest absolute Gasteiger partial charge is 0.317 e. The molecular formula is C23H34Cl2N4O5. The monoisotopic (exact) mass is 516 g/mol. The van der Waals surface area contributed by atoms with Crippen LogP contribution in [0.15, 0.2) is 18.2 Å². The molecule has 0 aliphatic carbocycles. The molecule has 0 spiro atoms. The van der Waals surface area contributed by atoms with Crippen LogP contribution >= 0.6 is 23.2 Å². The topological polar surface area (TPSA) is 111 Å². The van der Waals surface area contributed by atoms with Gasteiger partial charge in [-0.2, -0.15) is 0 Å². The van der Waals surface area contributed by atoms with Gasteiger partial charge in [0.25, 0.3) is 6.47 Å². The van der Waals surface area contributed by atoms with Crippen molar-refractivity contribution < 1.29 is 24.2 Å². The maximum Gasteiger partial charge on any atom is 0.317 e. The number of benzene rings is 1. The number of nitrogens with one attached hydrogen (secondary N) is 2. The van der Waals surface area contributed by atoms with E-state index in [4.69, 9.17) is 37.8 Å². The Kier molecular flexibility index (Phi) is 12.5. The number of carbonyl (C=O) groups is 3. The Morgan fingerprint density at radius 2 is 1.91 bits per heavy atom. The van der Waals surface area contributed by atoms with Crippen LogP contribution in [0.25, 0.3) is 0 Å². The van der Waals surface area contributed by atoms with Crippen LogP contribution in [0.1, 0.15) is 31.2 Å². The van der Waals surface area contributed by atoms with Crippen molar-refractivity contribution in [2.75, 3.05) is 46.4 Å². The van der Waals surface area contributed by atoms with E-state index in [9.17, 15) is 9.59 Å². The highest BCUT2D eigenvalue weighted by atomic mass is 35.5. The molecule has 1 aromatic rings. The van der Waals surface area contributed by atoms with Crippen LogP contribution in [0.5, 0.6) is 0 Å². The fourth-order valence-corrected chi connectivity index (χ4v) is 4.50. The first-order valence-electron chi connectivity index (χ1n) is 11.4. The fourth-order valence-electron chi connectivity index (χ4n) is 4.18. The Hall–Kier alpha value is -2.07. The molecule has 3 amide bonds. The number of morpholine rings is 1. The van der Waals surface area contributed by atoms with Crippen molar-refractivity contribution in [1.82, 2.24) is 20.4 Å². The second kappa shape index (κ2) is 15.0. The number of likely N-dealkylation sites (tertiary alicyclic amines) is 1. The fraction of sp³-hybridized carbons (Fsp3) is 0.609. The number of nitrogens with zero attached hydrogens (tertiary/aromatic N) is 2. The molecule has 3 N–H and O–H groups in total. The minimum atomic E-state index is -0.250. The molecule has 0 radical (unpaired) electrons. The maximum absolute atomic E-state index is 12.3. The quantitative estimate of drug-likeness (QED) is 0.480. The summed E-state index contributed by atoms with van der Waals surface area (Å²) in [4.78, 5) is 36.5. The standard InChI is InChI=1S/C22H32Cl2N4O3.CH2O2/c1-25-22(30)28-8-6-16(7-9-28)3-5-21(29)26-13-18-15-27(10-11-31-18)14-17-2-4-19(23)20(24)12-17;2-1-3/h2,4,12,16,18H,3,5-11,13-15H2,1H3,(H,25,30)(H,26,29);1H,(H,2,3)/t18-;/m0./s1. The molecule has 2 aliphatic heterocycles. The number of carbonyl (C=O) groups excluding carboxylic acids is 2. The molecule has 0 saturated carbocycles. The molecular weight excluding hydrogens is 483 g/mol. The van der Waals surface area contributed by atoms with Crippen molar-refractivity contribution in [3.8, 4) is 0 Å². The Labute approximate surface area is 210 Å². The largest absolute Gasteiger partial charge is 0.483 e. The molecule has 2 fully saturated rings. The lowest BCUT2D eigenvalue weighted by molar-refractivity contribution is -0.123. The number of hydrogen-bond acceptors (Lipinski definition) is 5. The number of piperidine rings is 1. The van der Waals surface area contributed by atoms with Gasteiger partial charge in [0.1, 0.15) is 0 Å². The molecule has 0 bridgehead atoms. The first-order valence-corrected chi connectivity index (χ1v) is 12.2. The lowest BCUT2D eigenvalue weighted by atomic mass is 9.92. The number of ether oxygens (including phenoxy) is 1. The highest BCUT2D eigenvalue weighted by Crippen LogP contribution is 2.24. The van der Waals surface area contributed by atoms with E-state index in [1.165, 1.54) is 0 Å². The Bertz CT molecular complexity index is 806. The van der Waals surface area contributed by atoms with Gasteiger partial charge in [0.05, 0.1) is 22.8 Å². The highest BCUT2D eigenvalue weighted by molar-refractivity contribution is 6.42. The number of carboxylic acid groups (broad SMARTS) is 1. The lowest BCUT2D eigenvalue weighted by Crippen LogP contribution is -2.47. The van der Waals surface area contributed by atoms with Gasteiger partial charge in [0, 0.05) is 52.7 Å². The normalized spacial score (nSPS) is 19.0. The molecule has 3 rings (SSSR count). The molecule has 0 unspecified atom stereocenters. The second-order valence-corrected chi connectivity index (χ2v) is 9.22. The van der Waals surface area contributed by atoms with Gasteiger partial charge in [0.2, 0.25) is 5.91 Å². The molecule has 0 aromatic heterocycles. The number of rotatable bonds is 7. The van der Waals surface area contributed by atoms with E-state index < -0.39 is 0 Å². The van der Waals surface area contributed by atoms with E-state index in [0.717, 1.165) is 57.5 Å². The average Bonchev–Trinajstić information content (AvgIpc) is 2.84. The van der Waals surface area contributed by atoms with Crippen LogP contribution in [-0.4, -0.2) is 85.8 Å². The van der Waals surface area contributed by atoms with Gasteiger partial charge in [-0.05, 0) is 42.9 Å². The van der Waals surface area contributed by atoms with Crippen molar-refractivity contribution in [3.63, 3.8) is 0 Å². The number of urea groups is 1. The first kappa shape index (κ1) is 28.2. The summed E-state index contributed by atoms with van der Waals surface area (Å²) in [5, 5.41) is 13.7. The molecule has 190 valence electrons. The van der Waals surface area contributed by atoms with Crippen molar-refractivity contribution >= 4 is 41.6 Å². The minimum absolute atomic E-state index is 0.0168. The van der Waals surface area contributed by atoms with E-state index in [1.807, 2.05) is 23.1 Å². The zero-order valence-electron chi connectivity index (χ0n) is 19.5. The van der Waals surface area contributed by atoms with Gasteiger partial charge in [-0.3, -0.25) is 14.5 Å². The van der Waals surface area contributed by atoms with Crippen molar-refractivity contribution in [2.24, 2.45) is 5.92 Å². The lowest BCUT2D eigenvalue weighted by Gasteiger charge is -2.33.